The first-order chi connectivity index (χ1) is 7.86. The second-order valence-corrected chi connectivity index (χ2v) is 4.18. The SMILES string of the molecule is O=C1C[C@H](c2ccccc2)NCCCCN1. The standard InChI is InChI=1S/C13H18N2O/c16-13-10-12(11-6-2-1-3-7-11)14-8-4-5-9-15-13/h1-3,6-7,12,14H,4-5,8-10H2,(H,15,16)/t12-/m1/s1. The van der Waals surface area contributed by atoms with Gasteiger partial charge in [0.15, 0.2) is 0 Å². The molecule has 0 spiro atoms. The van der Waals surface area contributed by atoms with Gasteiger partial charge in [-0.2, -0.15) is 0 Å². The maximum atomic E-state index is 11.6. The highest BCUT2D eigenvalue weighted by atomic mass is 16.1. The number of carbonyl (C=O) groups excluding carboxylic acids is 1. The van der Waals surface area contributed by atoms with Crippen molar-refractivity contribution < 1.29 is 4.79 Å². The van der Waals surface area contributed by atoms with Crippen molar-refractivity contribution in [2.45, 2.75) is 25.3 Å². The largest absolute Gasteiger partial charge is 0.356 e. The number of rotatable bonds is 1. The summed E-state index contributed by atoms with van der Waals surface area (Å²) in [6.45, 7) is 1.79. The molecular formula is C13H18N2O. The number of amides is 1. The summed E-state index contributed by atoms with van der Waals surface area (Å²) in [6, 6.07) is 10.3. The summed E-state index contributed by atoms with van der Waals surface area (Å²) >= 11 is 0. The molecule has 1 amide bonds. The lowest BCUT2D eigenvalue weighted by molar-refractivity contribution is -0.121. The van der Waals surface area contributed by atoms with Gasteiger partial charge in [0.1, 0.15) is 0 Å². The van der Waals surface area contributed by atoms with E-state index in [0.29, 0.717) is 6.42 Å². The van der Waals surface area contributed by atoms with Gasteiger partial charge in [0.2, 0.25) is 5.91 Å². The van der Waals surface area contributed by atoms with E-state index in [0.717, 1.165) is 25.9 Å². The van der Waals surface area contributed by atoms with Crippen molar-refractivity contribution in [1.82, 2.24) is 10.6 Å². The zero-order valence-electron chi connectivity index (χ0n) is 9.41. The Bertz CT molecular complexity index is 337. The summed E-state index contributed by atoms with van der Waals surface area (Å²) in [7, 11) is 0. The van der Waals surface area contributed by atoms with Crippen LogP contribution in [0.15, 0.2) is 30.3 Å². The molecule has 0 aliphatic carbocycles. The molecule has 1 atom stereocenters. The second kappa shape index (κ2) is 5.66. The van der Waals surface area contributed by atoms with Crippen molar-refractivity contribution in [2.24, 2.45) is 0 Å². The van der Waals surface area contributed by atoms with Crippen LogP contribution in [0.5, 0.6) is 0 Å². The molecule has 3 nitrogen and oxygen atoms in total. The van der Waals surface area contributed by atoms with Gasteiger partial charge in [0.05, 0.1) is 0 Å². The third-order valence-electron chi connectivity index (χ3n) is 2.91. The lowest BCUT2D eigenvalue weighted by Crippen LogP contribution is -2.28. The molecule has 0 unspecified atom stereocenters. The molecule has 0 saturated carbocycles. The highest BCUT2D eigenvalue weighted by Gasteiger charge is 2.16. The fourth-order valence-electron chi connectivity index (χ4n) is 2.00. The minimum Gasteiger partial charge on any atom is -0.356 e. The van der Waals surface area contributed by atoms with E-state index < -0.39 is 0 Å². The molecule has 1 fully saturated rings. The van der Waals surface area contributed by atoms with Gasteiger partial charge in [-0.05, 0) is 24.9 Å². The Morgan fingerprint density at radius 1 is 1.06 bits per heavy atom. The van der Waals surface area contributed by atoms with E-state index in [4.69, 9.17) is 0 Å². The lowest BCUT2D eigenvalue weighted by Gasteiger charge is -2.17. The van der Waals surface area contributed by atoms with E-state index >= 15 is 0 Å². The molecule has 1 aromatic carbocycles. The molecule has 16 heavy (non-hydrogen) atoms. The van der Waals surface area contributed by atoms with E-state index in [-0.39, 0.29) is 11.9 Å². The van der Waals surface area contributed by atoms with Gasteiger partial charge in [-0.15, -0.1) is 0 Å². The Hall–Kier alpha value is -1.35. The molecule has 3 heteroatoms. The van der Waals surface area contributed by atoms with E-state index in [1.165, 1.54) is 5.56 Å². The van der Waals surface area contributed by atoms with Gasteiger partial charge in [0, 0.05) is 19.0 Å². The Morgan fingerprint density at radius 2 is 1.81 bits per heavy atom. The third kappa shape index (κ3) is 3.07. The monoisotopic (exact) mass is 218 g/mol. The topological polar surface area (TPSA) is 41.1 Å². The molecule has 1 aliphatic rings. The molecule has 1 aromatic rings. The third-order valence-corrected chi connectivity index (χ3v) is 2.91. The summed E-state index contributed by atoms with van der Waals surface area (Å²) in [4.78, 5) is 11.6. The molecule has 2 N–H and O–H groups in total. The molecule has 0 radical (unpaired) electrons. The Labute approximate surface area is 96.2 Å². The molecule has 2 rings (SSSR count). The Morgan fingerprint density at radius 3 is 2.62 bits per heavy atom. The molecule has 1 heterocycles. The van der Waals surface area contributed by atoms with E-state index in [1.54, 1.807) is 0 Å². The minimum atomic E-state index is 0.142. The van der Waals surface area contributed by atoms with Crippen molar-refractivity contribution in [3.63, 3.8) is 0 Å². The van der Waals surface area contributed by atoms with E-state index in [1.807, 2.05) is 18.2 Å². The van der Waals surface area contributed by atoms with Crippen LogP contribution >= 0.6 is 0 Å². The van der Waals surface area contributed by atoms with Crippen molar-refractivity contribution in [2.75, 3.05) is 13.1 Å². The van der Waals surface area contributed by atoms with Crippen LogP contribution in [0.3, 0.4) is 0 Å². The summed E-state index contributed by atoms with van der Waals surface area (Å²) in [6.07, 6.45) is 2.70. The number of benzene rings is 1. The lowest BCUT2D eigenvalue weighted by atomic mass is 10.0. The van der Waals surface area contributed by atoms with Crippen LogP contribution in [0, 0.1) is 0 Å². The molecule has 86 valence electrons. The summed E-state index contributed by atoms with van der Waals surface area (Å²) in [5.41, 5.74) is 1.19. The predicted octanol–water partition coefficient (Wildman–Crippen LogP) is 1.62. The fraction of sp³-hybridized carbons (Fsp3) is 0.462. The average molecular weight is 218 g/mol. The van der Waals surface area contributed by atoms with Gasteiger partial charge in [-0.25, -0.2) is 0 Å². The number of hydrogen-bond acceptors (Lipinski definition) is 2. The predicted molar refractivity (Wildman–Crippen MR) is 64.0 cm³/mol. The van der Waals surface area contributed by atoms with E-state index in [9.17, 15) is 4.79 Å². The van der Waals surface area contributed by atoms with Crippen molar-refractivity contribution in [1.29, 1.82) is 0 Å². The first-order valence-corrected chi connectivity index (χ1v) is 5.91. The van der Waals surface area contributed by atoms with E-state index in [2.05, 4.69) is 22.8 Å². The van der Waals surface area contributed by atoms with Gasteiger partial charge in [-0.3, -0.25) is 4.79 Å². The molecular weight excluding hydrogens is 200 g/mol. The fourth-order valence-corrected chi connectivity index (χ4v) is 2.00. The Balaban J connectivity index is 2.08. The molecule has 0 aromatic heterocycles. The second-order valence-electron chi connectivity index (χ2n) is 4.18. The van der Waals surface area contributed by atoms with Gasteiger partial charge in [0.25, 0.3) is 0 Å². The maximum absolute atomic E-state index is 11.6. The highest BCUT2D eigenvalue weighted by molar-refractivity contribution is 5.76. The summed E-state index contributed by atoms with van der Waals surface area (Å²) in [5, 5.41) is 6.39. The zero-order chi connectivity index (χ0) is 11.2. The first-order valence-electron chi connectivity index (χ1n) is 5.91. The maximum Gasteiger partial charge on any atom is 0.221 e. The number of hydrogen-bond donors (Lipinski definition) is 2. The first kappa shape index (κ1) is 11.1. The van der Waals surface area contributed by atoms with Gasteiger partial charge < -0.3 is 10.6 Å². The van der Waals surface area contributed by atoms with Crippen LogP contribution in [0.25, 0.3) is 0 Å². The van der Waals surface area contributed by atoms with Crippen LogP contribution in [0.1, 0.15) is 30.9 Å². The van der Waals surface area contributed by atoms with Gasteiger partial charge >= 0.3 is 0 Å². The van der Waals surface area contributed by atoms with Crippen molar-refractivity contribution in [3.8, 4) is 0 Å². The minimum absolute atomic E-state index is 0.142. The van der Waals surface area contributed by atoms with Crippen LogP contribution < -0.4 is 10.6 Å². The number of nitrogens with one attached hydrogen (secondary N) is 2. The number of carbonyl (C=O) groups is 1. The van der Waals surface area contributed by atoms with Crippen LogP contribution in [0.2, 0.25) is 0 Å². The smallest absolute Gasteiger partial charge is 0.221 e. The highest BCUT2D eigenvalue weighted by Crippen LogP contribution is 2.17. The summed E-state index contributed by atoms with van der Waals surface area (Å²) in [5.74, 6) is 0.142. The van der Waals surface area contributed by atoms with Crippen LogP contribution in [-0.2, 0) is 4.79 Å². The van der Waals surface area contributed by atoms with Crippen molar-refractivity contribution >= 4 is 5.91 Å². The quantitative estimate of drug-likeness (QED) is 0.752. The molecule has 1 saturated heterocycles. The molecule has 0 bridgehead atoms. The van der Waals surface area contributed by atoms with Crippen LogP contribution in [-0.4, -0.2) is 19.0 Å². The molecule has 1 aliphatic heterocycles. The average Bonchev–Trinajstić information content (AvgIpc) is 2.42. The van der Waals surface area contributed by atoms with Gasteiger partial charge in [-0.1, -0.05) is 30.3 Å². The van der Waals surface area contributed by atoms with Crippen molar-refractivity contribution in [3.05, 3.63) is 35.9 Å². The Kier molecular flexibility index (Phi) is 3.94. The zero-order valence-corrected chi connectivity index (χ0v) is 9.41. The summed E-state index contributed by atoms with van der Waals surface area (Å²) < 4.78 is 0. The van der Waals surface area contributed by atoms with Crippen LogP contribution in [0.4, 0.5) is 0 Å². The normalized spacial score (nSPS) is 22.8.